The fraction of sp³-hybridized carbons (Fsp3) is 0.526. The number of hydrazone groups is 1. The predicted octanol–water partition coefficient (Wildman–Crippen LogP) is 1.68. The number of allylic oxidation sites excluding steroid dienone is 1. The number of amides is 1. The lowest BCUT2D eigenvalue weighted by Crippen LogP contribution is -2.38. The van der Waals surface area contributed by atoms with Crippen LogP contribution < -0.4 is 10.2 Å². The Morgan fingerprint density at radius 2 is 2.10 bits per heavy atom. The molecule has 0 radical (unpaired) electrons. The molecule has 3 heterocycles. The normalized spacial score (nSPS) is 17.9. The summed E-state index contributed by atoms with van der Waals surface area (Å²) in [6.07, 6.45) is -3.26. The Labute approximate surface area is 172 Å². The summed E-state index contributed by atoms with van der Waals surface area (Å²) in [4.78, 5) is 19.9. The van der Waals surface area contributed by atoms with Gasteiger partial charge in [-0.3, -0.25) is 14.7 Å². The molecule has 1 aromatic rings. The van der Waals surface area contributed by atoms with Crippen LogP contribution in [0.1, 0.15) is 18.2 Å². The van der Waals surface area contributed by atoms with E-state index in [0.717, 1.165) is 25.2 Å². The fourth-order valence-electron chi connectivity index (χ4n) is 3.46. The Balaban J connectivity index is 1.66. The van der Waals surface area contributed by atoms with Crippen molar-refractivity contribution in [2.24, 2.45) is 5.10 Å². The molecule has 3 rings (SSSR count). The van der Waals surface area contributed by atoms with Gasteiger partial charge < -0.3 is 14.4 Å². The van der Waals surface area contributed by atoms with E-state index in [2.05, 4.69) is 21.7 Å². The number of carbonyl (C=O) groups excluding carboxylic acids is 1. The van der Waals surface area contributed by atoms with Crippen molar-refractivity contribution in [1.29, 1.82) is 0 Å². The molecule has 1 saturated heterocycles. The van der Waals surface area contributed by atoms with E-state index >= 15 is 0 Å². The quantitative estimate of drug-likeness (QED) is 0.405. The van der Waals surface area contributed by atoms with Crippen molar-refractivity contribution < 1.29 is 27.4 Å². The molecule has 0 aromatic carbocycles. The number of ether oxygens (including phenoxy) is 2. The van der Waals surface area contributed by atoms with E-state index in [4.69, 9.17) is 9.47 Å². The summed E-state index contributed by atoms with van der Waals surface area (Å²) in [6.45, 7) is 9.02. The van der Waals surface area contributed by atoms with Crippen LogP contribution >= 0.6 is 0 Å². The van der Waals surface area contributed by atoms with Gasteiger partial charge in [0.1, 0.15) is 17.9 Å². The van der Waals surface area contributed by atoms with E-state index in [0.29, 0.717) is 31.3 Å². The summed E-state index contributed by atoms with van der Waals surface area (Å²) >= 11 is 0. The van der Waals surface area contributed by atoms with E-state index in [9.17, 15) is 18.0 Å². The summed E-state index contributed by atoms with van der Waals surface area (Å²) in [5.74, 6) is -0.777. The van der Waals surface area contributed by atoms with Crippen LogP contribution in [0.5, 0.6) is 5.75 Å². The van der Waals surface area contributed by atoms with E-state index in [1.807, 2.05) is 0 Å². The number of rotatable bonds is 7. The number of morpholine rings is 1. The van der Waals surface area contributed by atoms with Crippen LogP contribution in [-0.2, 0) is 22.6 Å². The lowest BCUT2D eigenvalue weighted by Gasteiger charge is -2.26. The SMILES string of the molecule is C=NNC(=O)/C(=C(\C)N1Cc2cc(OCCN3CCOCC3)cnc2C1)C(F)(F)F. The largest absolute Gasteiger partial charge is 0.491 e. The first-order valence-corrected chi connectivity index (χ1v) is 9.49. The van der Waals surface area contributed by atoms with Crippen LogP contribution in [0, 0.1) is 0 Å². The van der Waals surface area contributed by atoms with Crippen molar-refractivity contribution in [3.8, 4) is 5.75 Å². The van der Waals surface area contributed by atoms with Gasteiger partial charge in [-0.15, -0.1) is 0 Å². The summed E-state index contributed by atoms with van der Waals surface area (Å²) in [7, 11) is 0. The van der Waals surface area contributed by atoms with Gasteiger partial charge in [0.2, 0.25) is 0 Å². The molecule has 0 spiro atoms. The highest BCUT2D eigenvalue weighted by atomic mass is 19.4. The summed E-state index contributed by atoms with van der Waals surface area (Å²) in [6, 6.07) is 1.79. The maximum absolute atomic E-state index is 13.4. The van der Waals surface area contributed by atoms with Gasteiger partial charge in [0.25, 0.3) is 5.91 Å². The minimum atomic E-state index is -4.82. The molecular weight excluding hydrogens is 403 g/mol. The summed E-state index contributed by atoms with van der Waals surface area (Å²) in [5, 5.41) is 3.05. The standard InChI is InChI=1S/C19H24F3N5O3/c1-13(17(19(20,21)22)18(28)25-23-2)27-11-14-9-15(10-24-16(14)12-27)30-8-5-26-3-6-29-7-4-26/h9-10H,2-8,11-12H2,1H3,(H,25,28)/b17-13-. The van der Waals surface area contributed by atoms with Gasteiger partial charge in [-0.2, -0.15) is 18.3 Å². The van der Waals surface area contributed by atoms with E-state index in [-0.39, 0.29) is 18.8 Å². The number of aromatic nitrogens is 1. The third kappa shape index (κ3) is 5.28. The summed E-state index contributed by atoms with van der Waals surface area (Å²) < 4.78 is 51.4. The zero-order valence-corrected chi connectivity index (χ0v) is 16.7. The van der Waals surface area contributed by atoms with Crippen molar-refractivity contribution >= 4 is 12.6 Å². The lowest BCUT2D eigenvalue weighted by molar-refractivity contribution is -0.131. The van der Waals surface area contributed by atoms with E-state index in [1.54, 1.807) is 17.7 Å². The molecule has 1 aromatic heterocycles. The molecule has 30 heavy (non-hydrogen) atoms. The molecule has 0 aliphatic carbocycles. The number of hydrogen-bond acceptors (Lipinski definition) is 7. The third-order valence-electron chi connectivity index (χ3n) is 5.04. The Bertz CT molecular complexity index is 822. The molecule has 0 unspecified atom stereocenters. The first kappa shape index (κ1) is 22.0. The predicted molar refractivity (Wildman–Crippen MR) is 103 cm³/mol. The van der Waals surface area contributed by atoms with Crippen LogP contribution in [0.15, 0.2) is 28.6 Å². The molecule has 1 fully saturated rings. The number of fused-ring (bicyclic) bond motifs is 1. The molecule has 0 bridgehead atoms. The average molecular weight is 427 g/mol. The minimum absolute atomic E-state index is 0.170. The molecule has 8 nitrogen and oxygen atoms in total. The second-order valence-electron chi connectivity index (χ2n) is 6.99. The molecule has 1 N–H and O–H groups in total. The monoisotopic (exact) mass is 427 g/mol. The Hall–Kier alpha value is -2.66. The maximum atomic E-state index is 13.4. The average Bonchev–Trinajstić information content (AvgIpc) is 3.11. The first-order valence-electron chi connectivity index (χ1n) is 9.49. The fourth-order valence-corrected chi connectivity index (χ4v) is 3.46. The highest BCUT2D eigenvalue weighted by Gasteiger charge is 2.42. The zero-order valence-electron chi connectivity index (χ0n) is 16.7. The highest BCUT2D eigenvalue weighted by Crippen LogP contribution is 2.34. The topological polar surface area (TPSA) is 79.3 Å². The van der Waals surface area contributed by atoms with E-state index < -0.39 is 17.7 Å². The minimum Gasteiger partial charge on any atom is -0.491 e. The van der Waals surface area contributed by atoms with Gasteiger partial charge in [0.05, 0.1) is 31.6 Å². The second kappa shape index (κ2) is 9.43. The van der Waals surface area contributed by atoms with Crippen molar-refractivity contribution in [2.45, 2.75) is 26.2 Å². The van der Waals surface area contributed by atoms with Crippen LogP contribution in [0.4, 0.5) is 13.2 Å². The highest BCUT2D eigenvalue weighted by molar-refractivity contribution is 5.95. The first-order chi connectivity index (χ1) is 14.3. The van der Waals surface area contributed by atoms with Crippen LogP contribution in [0.2, 0.25) is 0 Å². The third-order valence-corrected chi connectivity index (χ3v) is 5.04. The van der Waals surface area contributed by atoms with Gasteiger partial charge in [0.15, 0.2) is 0 Å². The summed E-state index contributed by atoms with van der Waals surface area (Å²) in [5.41, 5.74) is 1.68. The Kier molecular flexibility index (Phi) is 6.93. The molecule has 0 saturated carbocycles. The van der Waals surface area contributed by atoms with Gasteiger partial charge in [-0.25, -0.2) is 5.43 Å². The zero-order chi connectivity index (χ0) is 21.7. The molecule has 1 amide bonds. The van der Waals surface area contributed by atoms with Crippen molar-refractivity contribution in [2.75, 3.05) is 39.5 Å². The number of nitrogens with one attached hydrogen (secondary N) is 1. The van der Waals surface area contributed by atoms with Crippen LogP contribution in [-0.4, -0.2) is 73.0 Å². The number of alkyl halides is 3. The number of nitrogens with zero attached hydrogens (tertiary/aromatic N) is 4. The lowest BCUT2D eigenvalue weighted by atomic mass is 10.1. The maximum Gasteiger partial charge on any atom is 0.423 e. The van der Waals surface area contributed by atoms with Gasteiger partial charge in [-0.1, -0.05) is 0 Å². The molecule has 164 valence electrons. The van der Waals surface area contributed by atoms with Crippen molar-refractivity contribution in [3.63, 3.8) is 0 Å². The second-order valence-corrected chi connectivity index (χ2v) is 6.99. The van der Waals surface area contributed by atoms with Crippen molar-refractivity contribution in [1.82, 2.24) is 20.2 Å². The van der Waals surface area contributed by atoms with Gasteiger partial charge >= 0.3 is 6.18 Å². The van der Waals surface area contributed by atoms with E-state index in [1.165, 1.54) is 11.8 Å². The van der Waals surface area contributed by atoms with Gasteiger partial charge in [-0.05, 0) is 18.6 Å². The molecule has 2 aliphatic heterocycles. The molecule has 2 aliphatic rings. The van der Waals surface area contributed by atoms with Crippen molar-refractivity contribution in [3.05, 3.63) is 34.8 Å². The van der Waals surface area contributed by atoms with Crippen LogP contribution in [0.25, 0.3) is 0 Å². The van der Waals surface area contributed by atoms with Crippen LogP contribution in [0.3, 0.4) is 0 Å². The molecule has 0 atom stereocenters. The Morgan fingerprint density at radius 1 is 1.37 bits per heavy atom. The number of hydrogen-bond donors (Lipinski definition) is 1. The number of halogens is 3. The smallest absolute Gasteiger partial charge is 0.423 e. The molecular formula is C19H24F3N5O3. The van der Waals surface area contributed by atoms with Gasteiger partial charge in [0, 0.05) is 38.6 Å². The molecule has 11 heteroatoms. The number of carbonyl (C=O) groups is 1. The Morgan fingerprint density at radius 3 is 2.77 bits per heavy atom. The number of pyridine rings is 1.